The van der Waals surface area contributed by atoms with E-state index in [9.17, 15) is 9.50 Å². The van der Waals surface area contributed by atoms with E-state index in [1.54, 1.807) is 18.2 Å². The third-order valence-electron chi connectivity index (χ3n) is 5.80. The largest absolute Gasteiger partial charge is 0.387 e. The molecule has 3 rings (SSSR count). The van der Waals surface area contributed by atoms with Crippen LogP contribution in [0, 0.1) is 5.82 Å². The summed E-state index contributed by atoms with van der Waals surface area (Å²) in [6.45, 7) is 6.12. The second-order valence-electron chi connectivity index (χ2n) is 7.08. The number of nitrogens with zero attached hydrogens (tertiary/aromatic N) is 1. The molecule has 2 atom stereocenters. The third kappa shape index (κ3) is 3.64. The zero-order valence-electron chi connectivity index (χ0n) is 14.5. The van der Waals surface area contributed by atoms with Crippen molar-refractivity contribution in [3.05, 3.63) is 35.6 Å². The van der Waals surface area contributed by atoms with Crippen LogP contribution in [0.25, 0.3) is 0 Å². The SMILES string of the molecule is C[C@H](NC[C@@H](O)c1ccccc1F)C1(N2CCOCC2)CCCC1. The summed E-state index contributed by atoms with van der Waals surface area (Å²) in [7, 11) is 0. The van der Waals surface area contributed by atoms with Gasteiger partial charge >= 0.3 is 0 Å². The van der Waals surface area contributed by atoms with Crippen LogP contribution < -0.4 is 5.32 Å². The summed E-state index contributed by atoms with van der Waals surface area (Å²) in [5, 5.41) is 13.8. The van der Waals surface area contributed by atoms with Gasteiger partial charge in [-0.1, -0.05) is 31.0 Å². The molecule has 1 heterocycles. The quantitative estimate of drug-likeness (QED) is 0.838. The van der Waals surface area contributed by atoms with E-state index in [2.05, 4.69) is 17.1 Å². The molecule has 0 bridgehead atoms. The summed E-state index contributed by atoms with van der Waals surface area (Å²) in [6.07, 6.45) is 4.03. The molecule has 134 valence electrons. The normalized spacial score (nSPS) is 24.0. The van der Waals surface area contributed by atoms with Crippen molar-refractivity contribution in [2.75, 3.05) is 32.8 Å². The van der Waals surface area contributed by atoms with E-state index in [4.69, 9.17) is 4.74 Å². The number of rotatable bonds is 6. The van der Waals surface area contributed by atoms with Gasteiger partial charge in [0.1, 0.15) is 5.82 Å². The number of aliphatic hydroxyl groups is 1. The molecule has 2 fully saturated rings. The Labute approximate surface area is 144 Å². The van der Waals surface area contributed by atoms with E-state index in [0.717, 1.165) is 26.3 Å². The van der Waals surface area contributed by atoms with Gasteiger partial charge in [0.15, 0.2) is 0 Å². The molecule has 2 aliphatic rings. The molecule has 2 N–H and O–H groups in total. The maximum atomic E-state index is 13.8. The molecule has 0 radical (unpaired) electrons. The summed E-state index contributed by atoms with van der Waals surface area (Å²) < 4.78 is 19.3. The summed E-state index contributed by atoms with van der Waals surface area (Å²) in [5.74, 6) is -0.344. The minimum atomic E-state index is -0.822. The van der Waals surface area contributed by atoms with E-state index >= 15 is 0 Å². The lowest BCUT2D eigenvalue weighted by Gasteiger charge is -2.47. The van der Waals surface area contributed by atoms with Crippen molar-refractivity contribution in [1.82, 2.24) is 10.2 Å². The van der Waals surface area contributed by atoms with E-state index in [1.807, 2.05) is 0 Å². The van der Waals surface area contributed by atoms with E-state index in [0.29, 0.717) is 12.1 Å². The average Bonchev–Trinajstić information content (AvgIpc) is 3.11. The Morgan fingerprint density at radius 3 is 2.58 bits per heavy atom. The molecule has 1 aliphatic carbocycles. The Bertz CT molecular complexity index is 528. The lowest BCUT2D eigenvalue weighted by molar-refractivity contribution is -0.0345. The van der Waals surface area contributed by atoms with Gasteiger partial charge in [0.25, 0.3) is 0 Å². The van der Waals surface area contributed by atoms with Crippen LogP contribution in [0.3, 0.4) is 0 Å². The molecule has 0 unspecified atom stereocenters. The highest BCUT2D eigenvalue weighted by atomic mass is 19.1. The third-order valence-corrected chi connectivity index (χ3v) is 5.80. The first-order valence-electron chi connectivity index (χ1n) is 9.12. The molecule has 0 spiro atoms. The maximum Gasteiger partial charge on any atom is 0.129 e. The van der Waals surface area contributed by atoms with Gasteiger partial charge in [-0.2, -0.15) is 0 Å². The van der Waals surface area contributed by atoms with E-state index in [-0.39, 0.29) is 17.4 Å². The molecule has 1 saturated heterocycles. The van der Waals surface area contributed by atoms with Crippen LogP contribution in [0.4, 0.5) is 4.39 Å². The zero-order chi connectivity index (χ0) is 17.0. The first-order chi connectivity index (χ1) is 11.6. The monoisotopic (exact) mass is 336 g/mol. The van der Waals surface area contributed by atoms with Gasteiger partial charge in [-0.15, -0.1) is 0 Å². The van der Waals surface area contributed by atoms with Crippen molar-refractivity contribution in [2.24, 2.45) is 0 Å². The van der Waals surface area contributed by atoms with Crippen LogP contribution in [-0.4, -0.2) is 54.4 Å². The molecular formula is C19H29FN2O2. The predicted octanol–water partition coefficient (Wildman–Crippen LogP) is 2.48. The second kappa shape index (κ2) is 7.91. The minimum Gasteiger partial charge on any atom is -0.387 e. The van der Waals surface area contributed by atoms with Gasteiger partial charge in [-0.25, -0.2) is 4.39 Å². The lowest BCUT2D eigenvalue weighted by Crippen LogP contribution is -2.61. The van der Waals surface area contributed by atoms with Gasteiger partial charge in [0.05, 0.1) is 19.3 Å². The number of hydrogen-bond donors (Lipinski definition) is 2. The van der Waals surface area contributed by atoms with Gasteiger partial charge < -0.3 is 15.2 Å². The van der Waals surface area contributed by atoms with Crippen molar-refractivity contribution >= 4 is 0 Å². The number of nitrogens with one attached hydrogen (secondary N) is 1. The molecule has 1 aliphatic heterocycles. The van der Waals surface area contributed by atoms with Gasteiger partial charge in [-0.05, 0) is 25.8 Å². The fraction of sp³-hybridized carbons (Fsp3) is 0.684. The van der Waals surface area contributed by atoms with Crippen LogP contribution in [0.1, 0.15) is 44.3 Å². The summed E-state index contributed by atoms with van der Waals surface area (Å²) in [5.41, 5.74) is 0.502. The number of halogens is 1. The van der Waals surface area contributed by atoms with Crippen LogP contribution >= 0.6 is 0 Å². The van der Waals surface area contributed by atoms with Gasteiger partial charge in [0, 0.05) is 36.8 Å². The Kier molecular flexibility index (Phi) is 5.87. The lowest BCUT2D eigenvalue weighted by atomic mass is 9.86. The Hall–Kier alpha value is -1.01. The van der Waals surface area contributed by atoms with Gasteiger partial charge in [-0.3, -0.25) is 4.90 Å². The van der Waals surface area contributed by atoms with E-state index in [1.165, 1.54) is 31.7 Å². The fourth-order valence-electron chi connectivity index (χ4n) is 4.35. The molecule has 1 aromatic carbocycles. The van der Waals surface area contributed by atoms with Crippen LogP contribution in [0.15, 0.2) is 24.3 Å². The predicted molar refractivity (Wildman–Crippen MR) is 92.4 cm³/mol. The number of morpholine rings is 1. The van der Waals surface area contributed by atoms with Crippen LogP contribution in [-0.2, 0) is 4.74 Å². The summed E-state index contributed by atoms with van der Waals surface area (Å²) in [6, 6.07) is 6.71. The van der Waals surface area contributed by atoms with E-state index < -0.39 is 6.10 Å². The Balaban J connectivity index is 1.63. The highest BCUT2D eigenvalue weighted by molar-refractivity contribution is 5.20. The minimum absolute atomic E-state index is 0.138. The highest BCUT2D eigenvalue weighted by Crippen LogP contribution is 2.38. The number of benzene rings is 1. The standard InChI is InChI=1S/C19H29FN2O2/c1-15(21-14-18(23)16-6-2-3-7-17(16)20)19(8-4-5-9-19)22-10-12-24-13-11-22/h2-3,6-7,15,18,21,23H,4-5,8-14H2,1H3/t15-,18+/m0/s1. The zero-order valence-corrected chi connectivity index (χ0v) is 14.5. The molecule has 5 heteroatoms. The number of hydrogen-bond acceptors (Lipinski definition) is 4. The van der Waals surface area contributed by atoms with Crippen LogP contribution in [0.5, 0.6) is 0 Å². The number of ether oxygens (including phenoxy) is 1. The van der Waals surface area contributed by atoms with Crippen molar-refractivity contribution in [3.8, 4) is 0 Å². The fourth-order valence-corrected chi connectivity index (χ4v) is 4.35. The smallest absolute Gasteiger partial charge is 0.129 e. The Morgan fingerprint density at radius 2 is 1.92 bits per heavy atom. The summed E-state index contributed by atoms with van der Waals surface area (Å²) in [4.78, 5) is 2.57. The molecular weight excluding hydrogens is 307 g/mol. The number of aliphatic hydroxyl groups excluding tert-OH is 1. The van der Waals surface area contributed by atoms with Crippen molar-refractivity contribution in [2.45, 2.75) is 50.3 Å². The molecule has 1 saturated carbocycles. The second-order valence-corrected chi connectivity index (χ2v) is 7.08. The molecule has 0 amide bonds. The van der Waals surface area contributed by atoms with Crippen molar-refractivity contribution < 1.29 is 14.2 Å². The summed E-state index contributed by atoms with van der Waals surface area (Å²) >= 11 is 0. The molecule has 24 heavy (non-hydrogen) atoms. The molecule has 0 aromatic heterocycles. The van der Waals surface area contributed by atoms with Crippen molar-refractivity contribution in [1.29, 1.82) is 0 Å². The first-order valence-corrected chi connectivity index (χ1v) is 9.12. The van der Waals surface area contributed by atoms with Gasteiger partial charge in [0.2, 0.25) is 0 Å². The Morgan fingerprint density at radius 1 is 1.25 bits per heavy atom. The molecule has 4 nitrogen and oxygen atoms in total. The van der Waals surface area contributed by atoms with Crippen LogP contribution in [0.2, 0.25) is 0 Å². The highest BCUT2D eigenvalue weighted by Gasteiger charge is 2.44. The topological polar surface area (TPSA) is 44.7 Å². The first kappa shape index (κ1) is 17.8. The van der Waals surface area contributed by atoms with Crippen molar-refractivity contribution in [3.63, 3.8) is 0 Å². The average molecular weight is 336 g/mol. The molecule has 1 aromatic rings. The maximum absolute atomic E-state index is 13.8.